The van der Waals surface area contributed by atoms with Crippen molar-refractivity contribution >= 4 is 6.09 Å². The largest absolute Gasteiger partial charge is 0.440 e. The van der Waals surface area contributed by atoms with Gasteiger partial charge in [0.05, 0.1) is 0 Å². The number of aliphatic hydroxyl groups excluding tert-OH is 1. The average Bonchev–Trinajstić information content (AvgIpc) is 2.62. The maximum atomic E-state index is 11.2. The summed E-state index contributed by atoms with van der Waals surface area (Å²) in [7, 11) is 0. The Kier molecular flexibility index (Phi) is 1.47. The molecule has 0 bridgehead atoms. The van der Waals surface area contributed by atoms with Crippen LogP contribution in [-0.4, -0.2) is 17.3 Å². The van der Waals surface area contributed by atoms with E-state index in [2.05, 4.69) is 5.32 Å². The predicted octanol–water partition coefficient (Wildman–Crippen LogP) is 1.06. The topological polar surface area (TPSA) is 58.6 Å². The average molecular weight is 205 g/mol. The van der Waals surface area contributed by atoms with E-state index < -0.39 is 23.8 Å². The summed E-state index contributed by atoms with van der Waals surface area (Å²) in [6, 6.07) is 7.53. The summed E-state index contributed by atoms with van der Waals surface area (Å²) >= 11 is 0. The molecule has 1 amide bonds. The summed E-state index contributed by atoms with van der Waals surface area (Å²) < 4.78 is 5.08. The molecule has 78 valence electrons. The van der Waals surface area contributed by atoms with Crippen molar-refractivity contribution in [3.05, 3.63) is 35.4 Å². The lowest BCUT2D eigenvalue weighted by atomic mass is 9.93. The predicted molar refractivity (Wildman–Crippen MR) is 52.2 cm³/mol. The summed E-state index contributed by atoms with van der Waals surface area (Å²) in [5.74, 6) is 0. The Bertz CT molecular complexity index is 445. The minimum absolute atomic E-state index is 0.462. The van der Waals surface area contributed by atoms with Crippen molar-refractivity contribution in [2.24, 2.45) is 0 Å². The Morgan fingerprint density at radius 1 is 1.47 bits per heavy atom. The highest BCUT2D eigenvalue weighted by molar-refractivity contribution is 5.73. The fourth-order valence-electron chi connectivity index (χ4n) is 2.54. The number of alkyl carbamates (subject to hydrolysis) is 1. The van der Waals surface area contributed by atoms with Crippen molar-refractivity contribution in [1.82, 2.24) is 5.32 Å². The van der Waals surface area contributed by atoms with Gasteiger partial charge < -0.3 is 15.2 Å². The number of hydrogen-bond acceptors (Lipinski definition) is 3. The fraction of sp³-hybridized carbons (Fsp3) is 0.364. The minimum Gasteiger partial charge on any atom is -0.440 e. The van der Waals surface area contributed by atoms with Crippen LogP contribution in [0.15, 0.2) is 24.3 Å². The lowest BCUT2D eigenvalue weighted by Gasteiger charge is -2.22. The van der Waals surface area contributed by atoms with E-state index in [1.807, 2.05) is 31.2 Å². The Balaban J connectivity index is 2.20. The van der Waals surface area contributed by atoms with E-state index in [9.17, 15) is 9.90 Å². The minimum atomic E-state index is -0.731. The zero-order valence-corrected chi connectivity index (χ0v) is 8.23. The second kappa shape index (κ2) is 2.52. The number of ether oxygens (including phenoxy) is 1. The molecule has 1 aliphatic carbocycles. The number of hydrogen-bond donors (Lipinski definition) is 2. The van der Waals surface area contributed by atoms with Gasteiger partial charge in [-0.25, -0.2) is 4.79 Å². The molecule has 2 aliphatic rings. The normalized spacial score (nSPS) is 36.8. The third-order valence-electron chi connectivity index (χ3n) is 3.29. The van der Waals surface area contributed by atoms with Gasteiger partial charge in [-0.2, -0.15) is 0 Å². The third kappa shape index (κ3) is 0.920. The number of nitrogens with one attached hydrogen (secondary N) is 1. The van der Waals surface area contributed by atoms with Crippen molar-refractivity contribution < 1.29 is 14.6 Å². The molecule has 0 saturated carbocycles. The van der Waals surface area contributed by atoms with Crippen LogP contribution in [0, 0.1) is 0 Å². The van der Waals surface area contributed by atoms with Crippen LogP contribution in [0.4, 0.5) is 4.79 Å². The molecular weight excluding hydrogens is 194 g/mol. The van der Waals surface area contributed by atoms with Crippen LogP contribution in [0.25, 0.3) is 0 Å². The third-order valence-corrected chi connectivity index (χ3v) is 3.29. The molecule has 4 heteroatoms. The van der Waals surface area contributed by atoms with Gasteiger partial charge in [0.25, 0.3) is 0 Å². The Morgan fingerprint density at radius 3 is 3.00 bits per heavy atom. The molecule has 1 aromatic carbocycles. The summed E-state index contributed by atoms with van der Waals surface area (Å²) in [6.45, 7) is 1.87. The van der Waals surface area contributed by atoms with E-state index in [0.717, 1.165) is 11.1 Å². The Morgan fingerprint density at radius 2 is 2.20 bits per heavy atom. The molecule has 3 rings (SSSR count). The number of benzene rings is 1. The number of amides is 1. The van der Waals surface area contributed by atoms with E-state index >= 15 is 0 Å². The molecule has 3 unspecified atom stereocenters. The van der Waals surface area contributed by atoms with Gasteiger partial charge in [0.15, 0.2) is 6.10 Å². The van der Waals surface area contributed by atoms with Crippen LogP contribution in [0.5, 0.6) is 0 Å². The van der Waals surface area contributed by atoms with Gasteiger partial charge in [0.2, 0.25) is 0 Å². The van der Waals surface area contributed by atoms with Gasteiger partial charge in [0.1, 0.15) is 11.6 Å². The summed E-state index contributed by atoms with van der Waals surface area (Å²) in [4.78, 5) is 11.2. The molecule has 0 spiro atoms. The zero-order valence-electron chi connectivity index (χ0n) is 8.23. The molecule has 1 saturated heterocycles. The van der Waals surface area contributed by atoms with E-state index in [4.69, 9.17) is 4.74 Å². The second-order valence-electron chi connectivity index (χ2n) is 4.19. The van der Waals surface area contributed by atoms with E-state index in [1.54, 1.807) is 0 Å². The van der Waals surface area contributed by atoms with Crippen LogP contribution in [-0.2, 0) is 10.3 Å². The van der Waals surface area contributed by atoms with Crippen molar-refractivity contribution in [1.29, 1.82) is 0 Å². The van der Waals surface area contributed by atoms with E-state index in [0.29, 0.717) is 0 Å². The van der Waals surface area contributed by atoms with Gasteiger partial charge >= 0.3 is 6.09 Å². The maximum absolute atomic E-state index is 11.2. The number of rotatable bonds is 0. The number of fused-ring (bicyclic) bond motifs is 3. The van der Waals surface area contributed by atoms with Crippen molar-refractivity contribution in [3.8, 4) is 0 Å². The van der Waals surface area contributed by atoms with Crippen molar-refractivity contribution in [2.45, 2.75) is 24.7 Å². The number of carbonyl (C=O) groups excluding carboxylic acids is 1. The second-order valence-corrected chi connectivity index (χ2v) is 4.19. The fourth-order valence-corrected chi connectivity index (χ4v) is 2.54. The van der Waals surface area contributed by atoms with Crippen LogP contribution in [0.3, 0.4) is 0 Å². The molecule has 4 nitrogen and oxygen atoms in total. The first-order valence-corrected chi connectivity index (χ1v) is 4.89. The highest BCUT2D eigenvalue weighted by Gasteiger charge is 2.56. The summed E-state index contributed by atoms with van der Waals surface area (Å²) in [5.41, 5.74) is 1.19. The first-order chi connectivity index (χ1) is 7.13. The van der Waals surface area contributed by atoms with Gasteiger partial charge in [0, 0.05) is 0 Å². The molecule has 1 heterocycles. The van der Waals surface area contributed by atoms with Gasteiger partial charge in [-0.1, -0.05) is 24.3 Å². The first kappa shape index (κ1) is 8.73. The molecule has 1 aliphatic heterocycles. The smallest absolute Gasteiger partial charge is 0.408 e. The maximum Gasteiger partial charge on any atom is 0.408 e. The molecule has 15 heavy (non-hydrogen) atoms. The van der Waals surface area contributed by atoms with Crippen LogP contribution >= 0.6 is 0 Å². The van der Waals surface area contributed by atoms with Gasteiger partial charge in [-0.3, -0.25) is 0 Å². The lowest BCUT2D eigenvalue weighted by Crippen LogP contribution is -2.40. The standard InChI is InChI=1S/C11H11NO3/c1-11-7-5-3-2-4-6(7)8(13)9(11)15-10(14)12-11/h2-5,8-9,13H,1H3,(H,12,14). The molecule has 1 fully saturated rings. The Hall–Kier alpha value is -1.55. The zero-order chi connectivity index (χ0) is 10.6. The highest BCUT2D eigenvalue weighted by Crippen LogP contribution is 2.47. The number of aliphatic hydroxyl groups is 1. The summed E-state index contributed by atoms with van der Waals surface area (Å²) in [6.07, 6.45) is -1.70. The highest BCUT2D eigenvalue weighted by atomic mass is 16.6. The van der Waals surface area contributed by atoms with Crippen molar-refractivity contribution in [3.63, 3.8) is 0 Å². The molecule has 0 radical (unpaired) electrons. The van der Waals surface area contributed by atoms with E-state index in [-0.39, 0.29) is 0 Å². The first-order valence-electron chi connectivity index (χ1n) is 4.89. The molecule has 2 N–H and O–H groups in total. The molecule has 1 aromatic rings. The van der Waals surface area contributed by atoms with Crippen LogP contribution < -0.4 is 5.32 Å². The molecule has 0 aromatic heterocycles. The Labute approximate surface area is 86.9 Å². The van der Waals surface area contributed by atoms with Crippen LogP contribution in [0.2, 0.25) is 0 Å². The van der Waals surface area contributed by atoms with Crippen molar-refractivity contribution in [2.75, 3.05) is 0 Å². The van der Waals surface area contributed by atoms with Crippen LogP contribution in [0.1, 0.15) is 24.2 Å². The molecular formula is C11H11NO3. The van der Waals surface area contributed by atoms with Gasteiger partial charge in [-0.15, -0.1) is 0 Å². The monoisotopic (exact) mass is 205 g/mol. The lowest BCUT2D eigenvalue weighted by molar-refractivity contribution is 0.0127. The van der Waals surface area contributed by atoms with Gasteiger partial charge in [-0.05, 0) is 18.1 Å². The van der Waals surface area contributed by atoms with E-state index in [1.165, 1.54) is 0 Å². The quantitative estimate of drug-likeness (QED) is 0.665. The number of carbonyl (C=O) groups is 1. The molecule has 3 atom stereocenters. The summed E-state index contributed by atoms with van der Waals surface area (Å²) in [5, 5.41) is 12.8. The SMILES string of the molecule is CC12NC(=O)OC1C(O)c1ccccc12.